The highest BCUT2D eigenvalue weighted by molar-refractivity contribution is 14.1. The molecule has 1 aromatic rings. The van der Waals surface area contributed by atoms with Gasteiger partial charge in [-0.2, -0.15) is 13.2 Å². The van der Waals surface area contributed by atoms with E-state index in [9.17, 15) is 18.0 Å². The van der Waals surface area contributed by atoms with Crippen LogP contribution in [0.4, 0.5) is 13.2 Å². The minimum atomic E-state index is -4.28. The van der Waals surface area contributed by atoms with E-state index in [1.54, 1.807) is 24.3 Å². The van der Waals surface area contributed by atoms with Crippen LogP contribution >= 0.6 is 22.6 Å². The molecule has 1 aromatic carbocycles. The van der Waals surface area contributed by atoms with Crippen molar-refractivity contribution in [3.05, 3.63) is 39.5 Å². The van der Waals surface area contributed by atoms with Crippen molar-refractivity contribution in [2.45, 2.75) is 12.6 Å². The second-order valence-corrected chi connectivity index (χ2v) is 4.24. The average molecular weight is 340 g/mol. The second kappa shape index (κ2) is 5.47. The fraction of sp³-hybridized carbons (Fsp3) is 0.182. The lowest BCUT2D eigenvalue weighted by molar-refractivity contribution is -0.124. The fourth-order valence-electron chi connectivity index (χ4n) is 1.14. The Hall–Kier alpha value is -0.850. The normalized spacial score (nSPS) is 12.6. The van der Waals surface area contributed by atoms with Crippen molar-refractivity contribution in [3.63, 3.8) is 0 Å². The van der Waals surface area contributed by atoms with E-state index in [2.05, 4.69) is 0 Å². The molecule has 0 atom stereocenters. The number of hydrogen-bond donors (Lipinski definition) is 0. The Morgan fingerprint density at radius 1 is 1.31 bits per heavy atom. The molecule has 0 aliphatic rings. The van der Waals surface area contributed by atoms with E-state index in [4.69, 9.17) is 0 Å². The van der Waals surface area contributed by atoms with E-state index in [-0.39, 0.29) is 5.57 Å². The van der Waals surface area contributed by atoms with Crippen LogP contribution in [0.15, 0.2) is 30.3 Å². The van der Waals surface area contributed by atoms with E-state index in [1.165, 1.54) is 0 Å². The van der Waals surface area contributed by atoms with Gasteiger partial charge in [0.2, 0.25) is 0 Å². The lowest BCUT2D eigenvalue weighted by Crippen LogP contribution is -2.05. The monoisotopic (exact) mass is 340 g/mol. The highest BCUT2D eigenvalue weighted by Gasteiger charge is 2.25. The van der Waals surface area contributed by atoms with E-state index in [1.807, 2.05) is 22.6 Å². The van der Waals surface area contributed by atoms with Crippen LogP contribution in [-0.4, -0.2) is 12.5 Å². The predicted octanol–water partition coefficient (Wildman–Crippen LogP) is 3.83. The molecule has 0 heterocycles. The largest absolute Gasteiger partial charge is 0.392 e. The number of hydrogen-bond acceptors (Lipinski definition) is 1. The van der Waals surface area contributed by atoms with Gasteiger partial charge >= 0.3 is 6.18 Å². The summed E-state index contributed by atoms with van der Waals surface area (Å²) in [5.74, 6) is 0. The second-order valence-electron chi connectivity index (χ2n) is 3.08. The molecule has 0 N–H and O–H groups in total. The minimum absolute atomic E-state index is 0.0716. The molecule has 0 unspecified atom stereocenters. The summed E-state index contributed by atoms with van der Waals surface area (Å²) < 4.78 is 36.8. The number of halogens is 4. The molecule has 0 amide bonds. The molecule has 0 fully saturated rings. The fourth-order valence-corrected chi connectivity index (χ4v) is 1.84. The highest BCUT2D eigenvalue weighted by atomic mass is 127. The third-order valence-corrected chi connectivity index (χ3v) is 2.81. The number of alkyl halides is 3. The SMILES string of the molecule is O=C/C(=C/CC(F)(F)F)c1ccccc1I. The van der Waals surface area contributed by atoms with Crippen molar-refractivity contribution in [2.75, 3.05) is 0 Å². The molecular weight excluding hydrogens is 332 g/mol. The van der Waals surface area contributed by atoms with Gasteiger partial charge in [-0.1, -0.05) is 24.3 Å². The zero-order valence-electron chi connectivity index (χ0n) is 8.09. The molecule has 86 valence electrons. The maximum absolute atomic E-state index is 12.0. The molecule has 16 heavy (non-hydrogen) atoms. The average Bonchev–Trinajstić information content (AvgIpc) is 2.20. The number of carbonyl (C=O) groups is 1. The first-order valence-electron chi connectivity index (χ1n) is 4.41. The third kappa shape index (κ3) is 3.96. The lowest BCUT2D eigenvalue weighted by Gasteiger charge is -2.05. The summed E-state index contributed by atoms with van der Waals surface area (Å²) in [6.07, 6.45) is -4.02. The van der Waals surface area contributed by atoms with Crippen LogP contribution in [0.5, 0.6) is 0 Å². The van der Waals surface area contributed by atoms with Gasteiger partial charge < -0.3 is 0 Å². The van der Waals surface area contributed by atoms with Crippen molar-refractivity contribution in [1.82, 2.24) is 0 Å². The molecule has 0 saturated carbocycles. The third-order valence-electron chi connectivity index (χ3n) is 1.87. The van der Waals surface area contributed by atoms with Crippen LogP contribution in [0.2, 0.25) is 0 Å². The lowest BCUT2D eigenvalue weighted by atomic mass is 10.1. The summed E-state index contributed by atoms with van der Waals surface area (Å²) in [4.78, 5) is 10.7. The van der Waals surface area contributed by atoms with E-state index in [0.29, 0.717) is 11.8 Å². The van der Waals surface area contributed by atoms with Gasteiger partial charge in [0.25, 0.3) is 0 Å². The Morgan fingerprint density at radius 2 is 1.94 bits per heavy atom. The molecule has 0 radical (unpaired) electrons. The summed E-state index contributed by atoms with van der Waals surface area (Å²) in [5.41, 5.74) is 0.602. The number of rotatable bonds is 3. The molecule has 0 bridgehead atoms. The van der Waals surface area contributed by atoms with Crippen LogP contribution in [-0.2, 0) is 4.79 Å². The Labute approximate surface area is 104 Å². The molecule has 5 heteroatoms. The quantitative estimate of drug-likeness (QED) is 0.464. The molecule has 0 aliphatic heterocycles. The van der Waals surface area contributed by atoms with Gasteiger partial charge in [-0.3, -0.25) is 4.79 Å². The topological polar surface area (TPSA) is 17.1 Å². The van der Waals surface area contributed by atoms with Crippen LogP contribution in [0.25, 0.3) is 5.57 Å². The Bertz CT molecular complexity index is 410. The molecule has 0 aliphatic carbocycles. The summed E-state index contributed by atoms with van der Waals surface area (Å²) >= 11 is 1.98. The smallest absolute Gasteiger partial charge is 0.298 e. The van der Waals surface area contributed by atoms with Crippen molar-refractivity contribution in [3.8, 4) is 0 Å². The van der Waals surface area contributed by atoms with E-state index < -0.39 is 12.6 Å². The molecule has 0 spiro atoms. The van der Waals surface area contributed by atoms with Gasteiger partial charge in [0, 0.05) is 9.14 Å². The Kier molecular flexibility index (Phi) is 4.52. The molecule has 1 nitrogen and oxygen atoms in total. The summed E-state index contributed by atoms with van der Waals surface area (Å²) in [7, 11) is 0. The molecule has 0 aromatic heterocycles. The molecular formula is C11H8F3IO. The number of carbonyl (C=O) groups excluding carboxylic acids is 1. The van der Waals surface area contributed by atoms with Gasteiger partial charge in [-0.25, -0.2) is 0 Å². The summed E-state index contributed by atoms with van der Waals surface area (Å²) in [6.45, 7) is 0. The number of aldehydes is 1. The van der Waals surface area contributed by atoms with Gasteiger partial charge in [-0.15, -0.1) is 0 Å². The summed E-state index contributed by atoms with van der Waals surface area (Å²) in [5, 5.41) is 0. The van der Waals surface area contributed by atoms with Crippen LogP contribution < -0.4 is 0 Å². The van der Waals surface area contributed by atoms with Gasteiger partial charge in [-0.05, 0) is 34.2 Å². The maximum atomic E-state index is 12.0. The predicted molar refractivity (Wildman–Crippen MR) is 63.9 cm³/mol. The zero-order valence-corrected chi connectivity index (χ0v) is 10.2. The first-order valence-corrected chi connectivity index (χ1v) is 5.49. The van der Waals surface area contributed by atoms with E-state index in [0.717, 1.165) is 9.65 Å². The maximum Gasteiger partial charge on any atom is 0.392 e. The van der Waals surface area contributed by atoms with Crippen LogP contribution in [0.3, 0.4) is 0 Å². The Balaban J connectivity index is 3.00. The van der Waals surface area contributed by atoms with Gasteiger partial charge in [0.05, 0.1) is 6.42 Å². The first-order chi connectivity index (χ1) is 7.44. The van der Waals surface area contributed by atoms with Gasteiger partial charge in [0.1, 0.15) is 6.29 Å². The molecule has 0 saturated heterocycles. The Morgan fingerprint density at radius 3 is 2.44 bits per heavy atom. The minimum Gasteiger partial charge on any atom is -0.298 e. The van der Waals surface area contributed by atoms with E-state index >= 15 is 0 Å². The number of allylic oxidation sites excluding steroid dienone is 2. The van der Waals surface area contributed by atoms with Crippen molar-refractivity contribution >= 4 is 34.5 Å². The summed E-state index contributed by atoms with van der Waals surface area (Å²) in [6, 6.07) is 6.80. The number of benzene rings is 1. The highest BCUT2D eigenvalue weighted by Crippen LogP contribution is 2.25. The first kappa shape index (κ1) is 13.2. The van der Waals surface area contributed by atoms with Crippen molar-refractivity contribution in [2.24, 2.45) is 0 Å². The van der Waals surface area contributed by atoms with Crippen LogP contribution in [0.1, 0.15) is 12.0 Å². The van der Waals surface area contributed by atoms with Crippen LogP contribution in [0, 0.1) is 3.57 Å². The van der Waals surface area contributed by atoms with Crippen molar-refractivity contribution in [1.29, 1.82) is 0 Å². The molecule has 1 rings (SSSR count). The zero-order chi connectivity index (χ0) is 12.2. The standard InChI is InChI=1S/C11H8F3IO/c12-11(13,14)6-5-8(7-16)9-3-1-2-4-10(9)15/h1-5,7H,6H2/b8-5-. The van der Waals surface area contributed by atoms with Gasteiger partial charge in [0.15, 0.2) is 0 Å². The van der Waals surface area contributed by atoms with Crippen molar-refractivity contribution < 1.29 is 18.0 Å².